The molecule has 8 heteroatoms. The van der Waals surface area contributed by atoms with Crippen molar-refractivity contribution in [2.45, 2.75) is 30.5 Å². The fraction of sp³-hybridized carbons (Fsp3) is 0.258. The molecule has 1 aliphatic heterocycles. The van der Waals surface area contributed by atoms with Gasteiger partial charge >= 0.3 is 0 Å². The molecule has 1 amide bonds. The van der Waals surface area contributed by atoms with Crippen LogP contribution in [0.15, 0.2) is 88.6 Å². The van der Waals surface area contributed by atoms with Gasteiger partial charge in [-0.15, -0.1) is 0 Å². The van der Waals surface area contributed by atoms with Gasteiger partial charge in [-0.3, -0.25) is 4.79 Å². The van der Waals surface area contributed by atoms with Crippen LogP contribution in [0.1, 0.15) is 36.4 Å². The molecule has 0 unspecified atom stereocenters. The van der Waals surface area contributed by atoms with Crippen molar-refractivity contribution in [3.8, 4) is 11.5 Å². The number of methoxy groups -OCH3 is 2. The van der Waals surface area contributed by atoms with Gasteiger partial charge in [0.1, 0.15) is 11.5 Å². The molecule has 1 N–H and O–H groups in total. The van der Waals surface area contributed by atoms with Crippen molar-refractivity contribution in [2.75, 3.05) is 20.0 Å². The van der Waals surface area contributed by atoms with E-state index < -0.39 is 0 Å². The van der Waals surface area contributed by atoms with Crippen molar-refractivity contribution in [2.24, 2.45) is 11.0 Å². The Kier molecular flexibility index (Phi) is 7.11. The predicted molar refractivity (Wildman–Crippen MR) is 155 cm³/mol. The maximum absolute atomic E-state index is 13.7. The number of nitrogens with zero attached hydrogens (tertiary/aromatic N) is 3. The molecule has 1 saturated carbocycles. The molecule has 0 bridgehead atoms. The van der Waals surface area contributed by atoms with Gasteiger partial charge < -0.3 is 14.5 Å². The molecule has 6 rings (SSSR count). The van der Waals surface area contributed by atoms with Gasteiger partial charge in [0.2, 0.25) is 0 Å². The van der Waals surface area contributed by atoms with Crippen molar-refractivity contribution in [3.63, 3.8) is 0 Å². The SMILES string of the molecule is COc1ccc(/C=C2/CCC[C@H]3C2=NN(C(=O)CSc2nc4ccccc4[nH]2)[C@@H]3c2ccc(OC)cc2)cc1. The molecule has 198 valence electrons. The molecule has 2 aliphatic rings. The first-order valence-corrected chi connectivity index (χ1v) is 14.1. The molecule has 39 heavy (non-hydrogen) atoms. The second-order valence-corrected chi connectivity index (χ2v) is 10.7. The molecule has 0 spiro atoms. The second-order valence-electron chi connectivity index (χ2n) is 9.73. The van der Waals surface area contributed by atoms with E-state index in [1.807, 2.05) is 48.5 Å². The Morgan fingerprint density at radius 2 is 1.74 bits per heavy atom. The van der Waals surface area contributed by atoms with Crippen LogP contribution < -0.4 is 9.47 Å². The van der Waals surface area contributed by atoms with Gasteiger partial charge in [0.05, 0.1) is 42.8 Å². The number of hydrazone groups is 1. The van der Waals surface area contributed by atoms with Gasteiger partial charge in [0.15, 0.2) is 5.16 Å². The predicted octanol–water partition coefficient (Wildman–Crippen LogP) is 6.50. The summed E-state index contributed by atoms with van der Waals surface area (Å²) in [7, 11) is 3.33. The molecule has 4 aromatic rings. The number of aromatic amines is 1. The Labute approximate surface area is 231 Å². The summed E-state index contributed by atoms with van der Waals surface area (Å²) in [5, 5.41) is 7.45. The quantitative estimate of drug-likeness (QED) is 0.272. The standard InChI is InChI=1S/C31H30N4O3S/c1-37-23-14-10-20(11-15-23)18-22-6-5-7-25-29(22)34-35(30(25)21-12-16-24(38-2)17-13-21)28(36)19-39-31-32-26-8-3-4-9-27(26)33-31/h3-4,8-18,25,30H,5-7,19H2,1-2H3,(H,32,33)/b22-18-/t25-,30+/m0/s1. The first-order valence-electron chi connectivity index (χ1n) is 13.1. The van der Waals surface area contributed by atoms with Crippen LogP contribution in [0.25, 0.3) is 17.1 Å². The monoisotopic (exact) mass is 538 g/mol. The van der Waals surface area contributed by atoms with E-state index >= 15 is 0 Å². The summed E-state index contributed by atoms with van der Waals surface area (Å²) in [6.45, 7) is 0. The highest BCUT2D eigenvalue weighted by atomic mass is 32.2. The lowest BCUT2D eigenvalue weighted by Crippen LogP contribution is -2.32. The lowest BCUT2D eigenvalue weighted by molar-refractivity contribution is -0.130. The summed E-state index contributed by atoms with van der Waals surface area (Å²) in [6.07, 6.45) is 5.17. The Hall–Kier alpha value is -4.04. The van der Waals surface area contributed by atoms with Crippen molar-refractivity contribution in [3.05, 3.63) is 89.5 Å². The molecule has 0 radical (unpaired) electrons. The third-order valence-corrected chi connectivity index (χ3v) is 8.23. The zero-order chi connectivity index (χ0) is 26.8. The van der Waals surface area contributed by atoms with E-state index in [-0.39, 0.29) is 23.6 Å². The molecule has 3 aromatic carbocycles. The number of nitrogens with one attached hydrogen (secondary N) is 1. The number of fused-ring (bicyclic) bond motifs is 2. The lowest BCUT2D eigenvalue weighted by Gasteiger charge is -2.29. The Morgan fingerprint density at radius 1 is 1.03 bits per heavy atom. The Bertz CT molecular complexity index is 1510. The number of hydrogen-bond acceptors (Lipinski definition) is 6. The largest absolute Gasteiger partial charge is 0.497 e. The number of carbonyl (C=O) groups excluding carboxylic acids is 1. The van der Waals surface area contributed by atoms with Crippen LogP contribution in [-0.2, 0) is 4.79 Å². The number of para-hydroxylation sites is 2. The van der Waals surface area contributed by atoms with Crippen LogP contribution in [0.3, 0.4) is 0 Å². The number of amides is 1. The summed E-state index contributed by atoms with van der Waals surface area (Å²) in [5.74, 6) is 1.96. The summed E-state index contributed by atoms with van der Waals surface area (Å²) in [5.41, 5.74) is 6.22. The summed E-state index contributed by atoms with van der Waals surface area (Å²) >= 11 is 1.41. The van der Waals surface area contributed by atoms with E-state index in [0.29, 0.717) is 0 Å². The molecule has 2 atom stereocenters. The van der Waals surface area contributed by atoms with E-state index in [1.54, 1.807) is 19.2 Å². The maximum atomic E-state index is 13.7. The number of hydrogen-bond donors (Lipinski definition) is 1. The van der Waals surface area contributed by atoms with Crippen LogP contribution in [0.5, 0.6) is 11.5 Å². The number of rotatable bonds is 7. The smallest absolute Gasteiger partial charge is 0.253 e. The van der Waals surface area contributed by atoms with Crippen molar-refractivity contribution < 1.29 is 14.3 Å². The number of benzene rings is 3. The van der Waals surface area contributed by atoms with Crippen molar-refractivity contribution in [1.82, 2.24) is 15.0 Å². The third-order valence-electron chi connectivity index (χ3n) is 7.37. The van der Waals surface area contributed by atoms with E-state index in [4.69, 9.17) is 14.6 Å². The number of allylic oxidation sites excluding steroid dienone is 1. The highest BCUT2D eigenvalue weighted by Crippen LogP contribution is 2.45. The highest BCUT2D eigenvalue weighted by molar-refractivity contribution is 7.99. The summed E-state index contributed by atoms with van der Waals surface area (Å²) < 4.78 is 10.7. The van der Waals surface area contributed by atoms with Crippen LogP contribution >= 0.6 is 11.8 Å². The summed E-state index contributed by atoms with van der Waals surface area (Å²) in [4.78, 5) is 21.6. The Balaban J connectivity index is 1.30. The number of imidazole rings is 1. The molecule has 0 saturated heterocycles. The zero-order valence-corrected chi connectivity index (χ0v) is 22.8. The van der Waals surface area contributed by atoms with Crippen LogP contribution in [0.4, 0.5) is 0 Å². The number of thioether (sulfide) groups is 1. The molecule has 2 heterocycles. The average molecular weight is 539 g/mol. The maximum Gasteiger partial charge on any atom is 0.253 e. The fourth-order valence-corrected chi connectivity index (χ4v) is 6.17. The second kappa shape index (κ2) is 11.0. The third kappa shape index (κ3) is 5.16. The normalized spacial score (nSPS) is 19.7. The topological polar surface area (TPSA) is 79.8 Å². The molecule has 1 fully saturated rings. The minimum absolute atomic E-state index is 0.0352. The minimum Gasteiger partial charge on any atom is -0.497 e. The molecule has 7 nitrogen and oxygen atoms in total. The van der Waals surface area contributed by atoms with E-state index in [9.17, 15) is 4.79 Å². The van der Waals surface area contributed by atoms with Crippen LogP contribution in [-0.4, -0.2) is 46.6 Å². The van der Waals surface area contributed by atoms with Crippen molar-refractivity contribution >= 4 is 40.5 Å². The van der Waals surface area contributed by atoms with E-state index in [2.05, 4.69) is 40.3 Å². The number of ether oxygens (including phenoxy) is 2. The van der Waals surface area contributed by atoms with Crippen LogP contribution in [0.2, 0.25) is 0 Å². The first-order chi connectivity index (χ1) is 19.1. The number of H-pyrrole nitrogens is 1. The van der Waals surface area contributed by atoms with Gasteiger partial charge in [-0.1, -0.05) is 48.2 Å². The Morgan fingerprint density at radius 3 is 2.46 bits per heavy atom. The number of aromatic nitrogens is 2. The number of carbonyl (C=O) groups is 1. The zero-order valence-electron chi connectivity index (χ0n) is 22.0. The molecular weight excluding hydrogens is 508 g/mol. The van der Waals surface area contributed by atoms with Crippen molar-refractivity contribution in [1.29, 1.82) is 0 Å². The van der Waals surface area contributed by atoms with Gasteiger partial charge in [-0.25, -0.2) is 9.99 Å². The van der Waals surface area contributed by atoms with Gasteiger partial charge in [0, 0.05) is 5.92 Å². The van der Waals surface area contributed by atoms with Gasteiger partial charge in [0.25, 0.3) is 5.91 Å². The van der Waals surface area contributed by atoms with Crippen LogP contribution in [0, 0.1) is 5.92 Å². The lowest BCUT2D eigenvalue weighted by atomic mass is 9.77. The summed E-state index contributed by atoms with van der Waals surface area (Å²) in [6, 6.07) is 23.8. The first kappa shape index (κ1) is 25.2. The molecule has 1 aliphatic carbocycles. The fourth-order valence-electron chi connectivity index (χ4n) is 5.44. The van der Waals surface area contributed by atoms with E-state index in [0.717, 1.165) is 63.8 Å². The molecule has 1 aromatic heterocycles. The van der Waals surface area contributed by atoms with E-state index in [1.165, 1.54) is 17.3 Å². The van der Waals surface area contributed by atoms with Gasteiger partial charge in [-0.05, 0) is 78.4 Å². The highest BCUT2D eigenvalue weighted by Gasteiger charge is 2.43. The van der Waals surface area contributed by atoms with Gasteiger partial charge in [-0.2, -0.15) is 5.10 Å². The minimum atomic E-state index is -0.158. The average Bonchev–Trinajstić information content (AvgIpc) is 3.58. The molecular formula is C31H30N4O3S.